The Morgan fingerprint density at radius 2 is 1.95 bits per heavy atom. The molecule has 0 aromatic heterocycles. The van der Waals surface area contributed by atoms with Gasteiger partial charge in [-0.2, -0.15) is 0 Å². The van der Waals surface area contributed by atoms with Crippen molar-refractivity contribution in [3.63, 3.8) is 0 Å². The van der Waals surface area contributed by atoms with E-state index in [0.717, 1.165) is 12.0 Å². The minimum Gasteiger partial charge on any atom is -0.355 e. The average Bonchev–Trinajstić information content (AvgIpc) is 2.41. The van der Waals surface area contributed by atoms with Gasteiger partial charge in [0, 0.05) is 12.6 Å². The maximum atomic E-state index is 11.7. The summed E-state index contributed by atoms with van der Waals surface area (Å²) in [6, 6.07) is 5.65. The molecule has 1 atom stereocenters. The smallest absolute Gasteiger partial charge is 0.233 e. The molecule has 0 saturated heterocycles. The van der Waals surface area contributed by atoms with Crippen LogP contribution in [0, 0.1) is 5.92 Å². The molecule has 20 heavy (non-hydrogen) atoms. The lowest BCUT2D eigenvalue weighted by Gasteiger charge is -2.18. The highest BCUT2D eigenvalue weighted by Gasteiger charge is 2.12. The Labute approximate surface area is 131 Å². The van der Waals surface area contributed by atoms with Crippen molar-refractivity contribution in [2.75, 3.05) is 13.1 Å². The van der Waals surface area contributed by atoms with Crippen molar-refractivity contribution in [1.82, 2.24) is 10.6 Å². The van der Waals surface area contributed by atoms with Gasteiger partial charge in [-0.1, -0.05) is 50.0 Å². The summed E-state index contributed by atoms with van der Waals surface area (Å²) in [5.74, 6) is 0.466. The number of rotatable bonds is 7. The zero-order chi connectivity index (χ0) is 15.1. The second-order valence-corrected chi connectivity index (χ2v) is 6.03. The van der Waals surface area contributed by atoms with Crippen LogP contribution >= 0.6 is 23.2 Å². The number of amides is 1. The van der Waals surface area contributed by atoms with E-state index >= 15 is 0 Å². The quantitative estimate of drug-likeness (QED) is 0.803. The number of halogens is 2. The Kier molecular flexibility index (Phi) is 7.35. The molecule has 112 valence electrons. The third kappa shape index (κ3) is 5.70. The fraction of sp³-hybridized carbons (Fsp3) is 0.533. The van der Waals surface area contributed by atoms with Crippen molar-refractivity contribution in [2.24, 2.45) is 5.92 Å². The summed E-state index contributed by atoms with van der Waals surface area (Å²) in [4.78, 5) is 11.7. The lowest BCUT2D eigenvalue weighted by Crippen LogP contribution is -2.37. The molecular weight excluding hydrogens is 295 g/mol. The summed E-state index contributed by atoms with van der Waals surface area (Å²) in [6.07, 6.45) is 0.870. The van der Waals surface area contributed by atoms with E-state index in [9.17, 15) is 4.79 Å². The molecule has 0 aliphatic heterocycles. The van der Waals surface area contributed by atoms with Gasteiger partial charge in [-0.25, -0.2) is 0 Å². The van der Waals surface area contributed by atoms with Crippen LogP contribution in [0.4, 0.5) is 0 Å². The Morgan fingerprint density at radius 3 is 2.50 bits per heavy atom. The van der Waals surface area contributed by atoms with Gasteiger partial charge < -0.3 is 10.6 Å². The number of benzene rings is 1. The van der Waals surface area contributed by atoms with E-state index in [0.29, 0.717) is 29.1 Å². The molecule has 1 rings (SSSR count). The summed E-state index contributed by atoms with van der Waals surface area (Å²) >= 11 is 11.9. The van der Waals surface area contributed by atoms with E-state index in [-0.39, 0.29) is 11.9 Å². The van der Waals surface area contributed by atoms with E-state index in [1.54, 1.807) is 6.07 Å². The monoisotopic (exact) mass is 316 g/mol. The molecule has 3 nitrogen and oxygen atoms in total. The Bertz CT molecular complexity index is 449. The fourth-order valence-corrected chi connectivity index (χ4v) is 2.13. The summed E-state index contributed by atoms with van der Waals surface area (Å²) in [7, 11) is 0. The highest BCUT2D eigenvalue weighted by atomic mass is 35.5. The van der Waals surface area contributed by atoms with Crippen LogP contribution in [0.25, 0.3) is 0 Å². The lowest BCUT2D eigenvalue weighted by atomic mass is 10.0. The molecule has 0 aliphatic carbocycles. The van der Waals surface area contributed by atoms with Crippen LogP contribution in [0.15, 0.2) is 18.2 Å². The molecular formula is C15H22Cl2N2O. The minimum atomic E-state index is 0.0113. The Balaban J connectivity index is 2.54. The predicted octanol–water partition coefficient (Wildman–Crippen LogP) is 3.81. The van der Waals surface area contributed by atoms with E-state index in [4.69, 9.17) is 23.2 Å². The first-order valence-corrected chi connectivity index (χ1v) is 7.64. The maximum absolute atomic E-state index is 11.7. The highest BCUT2D eigenvalue weighted by molar-refractivity contribution is 6.42. The van der Waals surface area contributed by atoms with Crippen molar-refractivity contribution in [2.45, 2.75) is 33.2 Å². The lowest BCUT2D eigenvalue weighted by molar-refractivity contribution is -0.120. The van der Waals surface area contributed by atoms with Crippen LogP contribution in [0.2, 0.25) is 10.0 Å². The molecule has 0 fully saturated rings. The summed E-state index contributed by atoms with van der Waals surface area (Å²) in [6.45, 7) is 7.19. The van der Waals surface area contributed by atoms with Crippen molar-refractivity contribution in [1.29, 1.82) is 0 Å². The van der Waals surface area contributed by atoms with E-state index in [1.165, 1.54) is 0 Å². The number of hydrogen-bond donors (Lipinski definition) is 2. The van der Waals surface area contributed by atoms with Gasteiger partial charge in [0.25, 0.3) is 0 Å². The molecule has 1 unspecified atom stereocenters. The second kappa shape index (κ2) is 8.50. The summed E-state index contributed by atoms with van der Waals surface area (Å²) < 4.78 is 0. The molecule has 1 amide bonds. The SMILES string of the molecule is CCC(NCC(=O)NCC(C)C)c1ccc(Cl)c(Cl)c1. The van der Waals surface area contributed by atoms with Gasteiger partial charge in [-0.15, -0.1) is 0 Å². The van der Waals surface area contributed by atoms with E-state index < -0.39 is 0 Å². The van der Waals surface area contributed by atoms with Gasteiger partial charge in [-0.05, 0) is 30.0 Å². The third-order valence-corrected chi connectivity index (χ3v) is 3.71. The first-order chi connectivity index (χ1) is 9.43. The summed E-state index contributed by atoms with van der Waals surface area (Å²) in [5, 5.41) is 7.20. The van der Waals surface area contributed by atoms with Crippen molar-refractivity contribution in [3.8, 4) is 0 Å². The molecule has 5 heteroatoms. The standard InChI is InChI=1S/C15H22Cl2N2O/c1-4-14(11-5-6-12(16)13(17)7-11)18-9-15(20)19-8-10(2)3/h5-7,10,14,18H,4,8-9H2,1-3H3,(H,19,20). The third-order valence-electron chi connectivity index (χ3n) is 2.97. The van der Waals surface area contributed by atoms with Crippen LogP contribution < -0.4 is 10.6 Å². The van der Waals surface area contributed by atoms with Crippen molar-refractivity contribution < 1.29 is 4.79 Å². The first kappa shape index (κ1) is 17.3. The molecule has 0 heterocycles. The number of nitrogens with one attached hydrogen (secondary N) is 2. The largest absolute Gasteiger partial charge is 0.355 e. The minimum absolute atomic E-state index is 0.0113. The van der Waals surface area contributed by atoms with Gasteiger partial charge in [0.05, 0.1) is 16.6 Å². The zero-order valence-corrected chi connectivity index (χ0v) is 13.7. The average molecular weight is 317 g/mol. The van der Waals surface area contributed by atoms with Gasteiger partial charge >= 0.3 is 0 Å². The topological polar surface area (TPSA) is 41.1 Å². The predicted molar refractivity (Wildman–Crippen MR) is 85.3 cm³/mol. The molecule has 0 spiro atoms. The zero-order valence-electron chi connectivity index (χ0n) is 12.2. The molecule has 1 aromatic carbocycles. The van der Waals surface area contributed by atoms with Crippen LogP contribution in [0.3, 0.4) is 0 Å². The number of carbonyl (C=O) groups is 1. The van der Waals surface area contributed by atoms with Crippen LogP contribution in [0.5, 0.6) is 0 Å². The fourth-order valence-electron chi connectivity index (χ4n) is 1.82. The van der Waals surface area contributed by atoms with Crippen LogP contribution in [-0.2, 0) is 4.79 Å². The van der Waals surface area contributed by atoms with Gasteiger partial charge in [-0.3, -0.25) is 4.79 Å². The molecule has 1 aromatic rings. The number of carbonyl (C=O) groups excluding carboxylic acids is 1. The maximum Gasteiger partial charge on any atom is 0.233 e. The normalized spacial score (nSPS) is 12.5. The van der Waals surface area contributed by atoms with Crippen LogP contribution in [-0.4, -0.2) is 19.0 Å². The van der Waals surface area contributed by atoms with Crippen molar-refractivity contribution >= 4 is 29.1 Å². The number of hydrogen-bond acceptors (Lipinski definition) is 2. The van der Waals surface area contributed by atoms with Gasteiger partial charge in [0.15, 0.2) is 0 Å². The van der Waals surface area contributed by atoms with Crippen molar-refractivity contribution in [3.05, 3.63) is 33.8 Å². The molecule has 0 bridgehead atoms. The molecule has 0 saturated carbocycles. The van der Waals surface area contributed by atoms with Crippen LogP contribution in [0.1, 0.15) is 38.8 Å². The van der Waals surface area contributed by atoms with Gasteiger partial charge in [0.2, 0.25) is 5.91 Å². The highest BCUT2D eigenvalue weighted by Crippen LogP contribution is 2.26. The second-order valence-electron chi connectivity index (χ2n) is 5.21. The molecule has 0 radical (unpaired) electrons. The molecule has 2 N–H and O–H groups in total. The van der Waals surface area contributed by atoms with Gasteiger partial charge in [0.1, 0.15) is 0 Å². The Hall–Kier alpha value is -0.770. The van der Waals surface area contributed by atoms with E-state index in [2.05, 4.69) is 31.4 Å². The van der Waals surface area contributed by atoms with E-state index in [1.807, 2.05) is 12.1 Å². The summed E-state index contributed by atoms with van der Waals surface area (Å²) in [5.41, 5.74) is 1.04. The first-order valence-electron chi connectivity index (χ1n) is 6.89. The molecule has 0 aliphatic rings. The Morgan fingerprint density at radius 1 is 1.25 bits per heavy atom.